The maximum atomic E-state index is 12.9. The lowest BCUT2D eigenvalue weighted by atomic mass is 9.83. The Balaban J connectivity index is 1.70. The molecule has 0 saturated carbocycles. The molecule has 2 aromatic heterocycles. The summed E-state index contributed by atoms with van der Waals surface area (Å²) in [5.41, 5.74) is 5.38. The number of halogens is 1. The molecule has 4 aromatic rings. The maximum Gasteiger partial charge on any atom is 0.185 e. The van der Waals surface area contributed by atoms with Crippen LogP contribution in [0.5, 0.6) is 0 Å². The molecule has 0 aliphatic heterocycles. The van der Waals surface area contributed by atoms with E-state index >= 15 is 0 Å². The first kappa shape index (κ1) is 18.9. The predicted octanol–water partition coefficient (Wildman–Crippen LogP) is 4.50. The van der Waals surface area contributed by atoms with Gasteiger partial charge in [-0.25, -0.2) is 4.52 Å². The number of ether oxygens (including phenoxy) is 1. The molecule has 0 bridgehead atoms. The molecule has 1 atom stereocenters. The zero-order chi connectivity index (χ0) is 20.7. The fourth-order valence-corrected chi connectivity index (χ4v) is 4.34. The van der Waals surface area contributed by atoms with Crippen LogP contribution in [0.2, 0.25) is 5.02 Å². The number of carbonyl (C=O) groups is 1. The summed E-state index contributed by atoms with van der Waals surface area (Å²) in [6.07, 6.45) is 1.09. The van der Waals surface area contributed by atoms with E-state index in [0.29, 0.717) is 35.8 Å². The first-order valence-corrected chi connectivity index (χ1v) is 10.1. The molecule has 2 heterocycles. The van der Waals surface area contributed by atoms with E-state index in [0.717, 1.165) is 28.1 Å². The van der Waals surface area contributed by atoms with E-state index in [1.165, 1.54) is 0 Å². The number of nitrogens with zero attached hydrogens (tertiary/aromatic N) is 4. The molecular formula is C23H19ClN4O2. The quantitative estimate of drug-likeness (QED) is 0.488. The molecule has 0 unspecified atom stereocenters. The van der Waals surface area contributed by atoms with E-state index in [-0.39, 0.29) is 11.7 Å². The number of Topliss-reactive ketones (excluding diaryl/α,β-unsaturated/α-hetero) is 1. The molecule has 0 radical (unpaired) electrons. The van der Waals surface area contributed by atoms with Crippen molar-refractivity contribution in [1.82, 2.24) is 19.8 Å². The third-order valence-electron chi connectivity index (χ3n) is 5.51. The molecule has 1 aliphatic carbocycles. The summed E-state index contributed by atoms with van der Waals surface area (Å²) in [7, 11) is 1.63. The molecule has 0 saturated heterocycles. The number of hydrogen-bond acceptors (Lipinski definition) is 5. The first-order valence-electron chi connectivity index (χ1n) is 9.76. The van der Waals surface area contributed by atoms with Gasteiger partial charge < -0.3 is 4.74 Å². The van der Waals surface area contributed by atoms with Crippen molar-refractivity contribution in [1.29, 1.82) is 0 Å². The molecule has 2 aromatic carbocycles. The van der Waals surface area contributed by atoms with Crippen LogP contribution >= 0.6 is 11.6 Å². The van der Waals surface area contributed by atoms with Gasteiger partial charge in [0.25, 0.3) is 0 Å². The van der Waals surface area contributed by atoms with Crippen molar-refractivity contribution in [3.63, 3.8) is 0 Å². The van der Waals surface area contributed by atoms with Gasteiger partial charge in [-0.3, -0.25) is 4.79 Å². The lowest BCUT2D eigenvalue weighted by Gasteiger charge is -2.23. The van der Waals surface area contributed by atoms with E-state index < -0.39 is 0 Å². The Morgan fingerprint density at radius 2 is 1.93 bits per heavy atom. The number of methoxy groups -OCH3 is 1. The van der Waals surface area contributed by atoms with Gasteiger partial charge in [-0.1, -0.05) is 54.1 Å². The Labute approximate surface area is 178 Å². The van der Waals surface area contributed by atoms with Crippen LogP contribution in [0.25, 0.3) is 16.8 Å². The summed E-state index contributed by atoms with van der Waals surface area (Å²) in [5.74, 6) is 0.0795. The van der Waals surface area contributed by atoms with Crippen LogP contribution in [-0.2, 0) is 17.8 Å². The molecular weight excluding hydrogens is 400 g/mol. The van der Waals surface area contributed by atoms with Crippen molar-refractivity contribution < 1.29 is 9.53 Å². The van der Waals surface area contributed by atoms with Gasteiger partial charge in [0.05, 0.1) is 23.6 Å². The van der Waals surface area contributed by atoms with Crippen LogP contribution in [0, 0.1) is 0 Å². The summed E-state index contributed by atoms with van der Waals surface area (Å²) in [4.78, 5) is 12.9. The standard InChI is InChI=1S/C23H19ClN4O2/c1-30-13-18-21(15-8-5-9-17(24)10-15)23-26-25-22-19(28(23)27-18)11-16(12-20(22)29)14-6-3-2-4-7-14/h2-10,16H,11-13H2,1H3/t16-/m0/s1. The van der Waals surface area contributed by atoms with Gasteiger partial charge in [0.1, 0.15) is 0 Å². The first-order chi connectivity index (χ1) is 14.7. The number of benzene rings is 2. The van der Waals surface area contributed by atoms with E-state index in [2.05, 4.69) is 22.3 Å². The molecule has 150 valence electrons. The number of hydrogen-bond donors (Lipinski definition) is 0. The van der Waals surface area contributed by atoms with Crippen molar-refractivity contribution in [2.24, 2.45) is 0 Å². The summed E-state index contributed by atoms with van der Waals surface area (Å²) >= 11 is 6.22. The summed E-state index contributed by atoms with van der Waals surface area (Å²) in [5, 5.41) is 14.1. The maximum absolute atomic E-state index is 12.9. The zero-order valence-electron chi connectivity index (χ0n) is 16.4. The van der Waals surface area contributed by atoms with E-state index in [1.807, 2.05) is 42.5 Å². The van der Waals surface area contributed by atoms with Crippen LogP contribution in [0.1, 0.15) is 39.8 Å². The predicted molar refractivity (Wildman–Crippen MR) is 114 cm³/mol. The number of rotatable bonds is 4. The fraction of sp³-hybridized carbons (Fsp3) is 0.217. The van der Waals surface area contributed by atoms with Gasteiger partial charge >= 0.3 is 0 Å². The highest BCUT2D eigenvalue weighted by Gasteiger charge is 2.31. The topological polar surface area (TPSA) is 69.4 Å². The highest BCUT2D eigenvalue weighted by atomic mass is 35.5. The molecule has 6 nitrogen and oxygen atoms in total. The highest BCUT2D eigenvalue weighted by molar-refractivity contribution is 6.30. The Bertz CT molecular complexity index is 1250. The van der Waals surface area contributed by atoms with Crippen molar-refractivity contribution in [2.45, 2.75) is 25.4 Å². The van der Waals surface area contributed by atoms with Crippen molar-refractivity contribution in [3.8, 4) is 11.1 Å². The Morgan fingerprint density at radius 3 is 2.70 bits per heavy atom. The average molecular weight is 419 g/mol. The molecule has 0 spiro atoms. The van der Waals surface area contributed by atoms with Gasteiger partial charge in [0, 0.05) is 18.6 Å². The second-order valence-electron chi connectivity index (χ2n) is 7.43. The van der Waals surface area contributed by atoms with E-state index in [4.69, 9.17) is 21.4 Å². The highest BCUT2D eigenvalue weighted by Crippen LogP contribution is 2.35. The van der Waals surface area contributed by atoms with Gasteiger partial charge in [-0.15, -0.1) is 10.2 Å². The van der Waals surface area contributed by atoms with E-state index in [1.54, 1.807) is 11.6 Å². The van der Waals surface area contributed by atoms with Crippen LogP contribution in [-0.4, -0.2) is 32.7 Å². The molecule has 0 amide bonds. The molecule has 5 rings (SSSR count). The van der Waals surface area contributed by atoms with E-state index in [9.17, 15) is 4.79 Å². The fourth-order valence-electron chi connectivity index (χ4n) is 4.15. The normalized spacial score (nSPS) is 16.1. The molecule has 0 fully saturated rings. The van der Waals surface area contributed by atoms with Crippen LogP contribution in [0.4, 0.5) is 0 Å². The lowest BCUT2D eigenvalue weighted by Crippen LogP contribution is -2.24. The van der Waals surface area contributed by atoms with Crippen LogP contribution < -0.4 is 0 Å². The van der Waals surface area contributed by atoms with Crippen molar-refractivity contribution >= 4 is 23.0 Å². The summed E-state index contributed by atoms with van der Waals surface area (Å²) in [6, 6.07) is 17.6. The second-order valence-corrected chi connectivity index (χ2v) is 7.87. The molecule has 1 aliphatic rings. The Morgan fingerprint density at radius 1 is 1.10 bits per heavy atom. The monoisotopic (exact) mass is 418 g/mol. The number of carbonyl (C=O) groups excluding carboxylic acids is 1. The lowest BCUT2D eigenvalue weighted by molar-refractivity contribution is 0.0955. The number of ketones is 1. The zero-order valence-corrected chi connectivity index (χ0v) is 17.1. The van der Waals surface area contributed by atoms with Crippen molar-refractivity contribution in [3.05, 3.63) is 82.3 Å². The SMILES string of the molecule is COCc1nn2c3c(nnc2c1-c1cccc(Cl)c1)C(=O)C[C@@H](c1ccccc1)C3. The summed E-state index contributed by atoms with van der Waals surface area (Å²) < 4.78 is 7.15. The third kappa shape index (κ3) is 3.18. The molecule has 0 N–H and O–H groups in total. The van der Waals surface area contributed by atoms with Crippen LogP contribution in [0.3, 0.4) is 0 Å². The second kappa shape index (κ2) is 7.63. The minimum Gasteiger partial charge on any atom is -0.378 e. The molecule has 7 heteroatoms. The third-order valence-corrected chi connectivity index (χ3v) is 5.74. The Kier molecular flexibility index (Phi) is 4.81. The summed E-state index contributed by atoms with van der Waals surface area (Å²) in [6.45, 7) is 0.316. The van der Waals surface area contributed by atoms with Crippen LogP contribution in [0.15, 0.2) is 54.6 Å². The van der Waals surface area contributed by atoms with Gasteiger partial charge in [-0.2, -0.15) is 5.10 Å². The molecule has 30 heavy (non-hydrogen) atoms. The minimum absolute atomic E-state index is 0.00685. The number of aromatic nitrogens is 4. The Hall–Kier alpha value is -3.09. The van der Waals surface area contributed by atoms with Gasteiger partial charge in [0.2, 0.25) is 0 Å². The minimum atomic E-state index is -0.00685. The largest absolute Gasteiger partial charge is 0.378 e. The van der Waals surface area contributed by atoms with Gasteiger partial charge in [0.15, 0.2) is 17.1 Å². The van der Waals surface area contributed by atoms with Crippen molar-refractivity contribution in [2.75, 3.05) is 7.11 Å². The smallest absolute Gasteiger partial charge is 0.185 e. The van der Waals surface area contributed by atoms with Gasteiger partial charge in [-0.05, 0) is 35.6 Å². The average Bonchev–Trinajstić information content (AvgIpc) is 3.13. The number of fused-ring (bicyclic) bond motifs is 3.